The van der Waals surface area contributed by atoms with Crippen LogP contribution < -0.4 is 0 Å². The van der Waals surface area contributed by atoms with E-state index >= 15 is 0 Å². The van der Waals surface area contributed by atoms with E-state index in [9.17, 15) is 0 Å². The van der Waals surface area contributed by atoms with Crippen molar-refractivity contribution in [3.8, 4) is 11.3 Å². The van der Waals surface area contributed by atoms with Crippen LogP contribution in [0.1, 0.15) is 31.0 Å². The molecule has 0 fully saturated rings. The van der Waals surface area contributed by atoms with E-state index < -0.39 is 0 Å². The third-order valence-corrected chi connectivity index (χ3v) is 2.71. The standard InChI is InChI=1S/C15H17N/c1-11(2)14-5-4-6-15(16-14)13-9-7-12(3)8-10-13/h4-11H,1-3H3. The number of hydrogen-bond acceptors (Lipinski definition) is 1. The second-order valence-corrected chi connectivity index (χ2v) is 4.47. The molecular weight excluding hydrogens is 194 g/mol. The van der Waals surface area contributed by atoms with Crippen LogP contribution >= 0.6 is 0 Å². The number of aromatic nitrogens is 1. The smallest absolute Gasteiger partial charge is 0.0705 e. The van der Waals surface area contributed by atoms with E-state index in [0.717, 1.165) is 11.4 Å². The Labute approximate surface area is 97.2 Å². The largest absolute Gasteiger partial charge is 0.253 e. The second kappa shape index (κ2) is 4.48. The molecule has 16 heavy (non-hydrogen) atoms. The van der Waals surface area contributed by atoms with Crippen molar-refractivity contribution in [1.82, 2.24) is 4.98 Å². The zero-order valence-electron chi connectivity index (χ0n) is 10.1. The first-order valence-corrected chi connectivity index (χ1v) is 5.71. The van der Waals surface area contributed by atoms with E-state index in [1.807, 2.05) is 0 Å². The fraction of sp³-hybridized carbons (Fsp3) is 0.267. The summed E-state index contributed by atoms with van der Waals surface area (Å²) in [6.07, 6.45) is 0. The Bertz CT molecular complexity index is 469. The number of aryl methyl sites for hydroxylation is 1. The second-order valence-electron chi connectivity index (χ2n) is 4.47. The fourth-order valence-electron chi connectivity index (χ4n) is 1.66. The normalized spacial score (nSPS) is 10.8. The lowest BCUT2D eigenvalue weighted by Gasteiger charge is -2.07. The van der Waals surface area contributed by atoms with Gasteiger partial charge in [-0.3, -0.25) is 4.98 Å². The topological polar surface area (TPSA) is 12.9 Å². The molecule has 0 aliphatic carbocycles. The summed E-state index contributed by atoms with van der Waals surface area (Å²) in [5.41, 5.74) is 4.68. The highest BCUT2D eigenvalue weighted by molar-refractivity contribution is 5.59. The van der Waals surface area contributed by atoms with Crippen molar-refractivity contribution in [1.29, 1.82) is 0 Å². The molecule has 0 N–H and O–H groups in total. The zero-order chi connectivity index (χ0) is 11.5. The lowest BCUT2D eigenvalue weighted by molar-refractivity contribution is 0.824. The maximum Gasteiger partial charge on any atom is 0.0705 e. The van der Waals surface area contributed by atoms with Crippen molar-refractivity contribution in [2.24, 2.45) is 0 Å². The highest BCUT2D eigenvalue weighted by atomic mass is 14.7. The molecule has 0 atom stereocenters. The van der Waals surface area contributed by atoms with Crippen LogP contribution in [0.2, 0.25) is 0 Å². The van der Waals surface area contributed by atoms with Gasteiger partial charge in [-0.1, -0.05) is 49.7 Å². The Kier molecular flexibility index (Phi) is 3.04. The molecule has 1 aromatic carbocycles. The minimum absolute atomic E-state index is 0.477. The quantitative estimate of drug-likeness (QED) is 0.726. The summed E-state index contributed by atoms with van der Waals surface area (Å²) in [6.45, 7) is 6.43. The lowest BCUT2D eigenvalue weighted by atomic mass is 10.1. The van der Waals surface area contributed by atoms with E-state index in [1.54, 1.807) is 0 Å². The summed E-state index contributed by atoms with van der Waals surface area (Å²) in [6, 6.07) is 14.7. The van der Waals surface area contributed by atoms with Gasteiger partial charge >= 0.3 is 0 Å². The third-order valence-electron chi connectivity index (χ3n) is 2.71. The summed E-state index contributed by atoms with van der Waals surface area (Å²) >= 11 is 0. The van der Waals surface area contributed by atoms with Gasteiger partial charge < -0.3 is 0 Å². The zero-order valence-corrected chi connectivity index (χ0v) is 10.1. The number of nitrogens with zero attached hydrogens (tertiary/aromatic N) is 1. The molecule has 1 aromatic heterocycles. The molecule has 0 saturated carbocycles. The fourth-order valence-corrected chi connectivity index (χ4v) is 1.66. The molecule has 2 aromatic rings. The van der Waals surface area contributed by atoms with Crippen LogP contribution in [0.15, 0.2) is 42.5 Å². The van der Waals surface area contributed by atoms with Crippen LogP contribution in [0.5, 0.6) is 0 Å². The minimum Gasteiger partial charge on any atom is -0.253 e. The molecule has 0 aliphatic rings. The van der Waals surface area contributed by atoms with E-state index in [-0.39, 0.29) is 0 Å². The summed E-state index contributed by atoms with van der Waals surface area (Å²) in [4.78, 5) is 4.67. The highest BCUT2D eigenvalue weighted by Crippen LogP contribution is 2.20. The van der Waals surface area contributed by atoms with Gasteiger partial charge in [-0.2, -0.15) is 0 Å². The molecule has 1 heteroatoms. The summed E-state index contributed by atoms with van der Waals surface area (Å²) in [5.74, 6) is 0.477. The molecule has 0 unspecified atom stereocenters. The monoisotopic (exact) mass is 211 g/mol. The molecule has 0 radical (unpaired) electrons. The van der Waals surface area contributed by atoms with Crippen LogP contribution in [0.4, 0.5) is 0 Å². The summed E-state index contributed by atoms with van der Waals surface area (Å²) < 4.78 is 0. The van der Waals surface area contributed by atoms with Gasteiger partial charge in [-0.15, -0.1) is 0 Å². The van der Waals surface area contributed by atoms with Crippen LogP contribution in [-0.2, 0) is 0 Å². The van der Waals surface area contributed by atoms with Crippen LogP contribution in [0.25, 0.3) is 11.3 Å². The van der Waals surface area contributed by atoms with Crippen LogP contribution in [0.3, 0.4) is 0 Å². The Morgan fingerprint density at radius 2 is 1.62 bits per heavy atom. The van der Waals surface area contributed by atoms with E-state index in [1.165, 1.54) is 11.1 Å². The molecule has 0 saturated heterocycles. The lowest BCUT2D eigenvalue weighted by Crippen LogP contribution is -1.93. The Hall–Kier alpha value is -1.63. The van der Waals surface area contributed by atoms with Gasteiger partial charge in [-0.25, -0.2) is 0 Å². The molecule has 1 heterocycles. The van der Waals surface area contributed by atoms with Gasteiger partial charge in [-0.05, 0) is 25.0 Å². The van der Waals surface area contributed by atoms with Gasteiger partial charge in [0.2, 0.25) is 0 Å². The van der Waals surface area contributed by atoms with Crippen molar-refractivity contribution >= 4 is 0 Å². The highest BCUT2D eigenvalue weighted by Gasteiger charge is 2.03. The number of rotatable bonds is 2. The number of hydrogen-bond donors (Lipinski definition) is 0. The van der Waals surface area contributed by atoms with Crippen LogP contribution in [0, 0.1) is 6.92 Å². The minimum atomic E-state index is 0.477. The molecular formula is C15H17N. The van der Waals surface area contributed by atoms with Crippen molar-refractivity contribution in [2.45, 2.75) is 26.7 Å². The van der Waals surface area contributed by atoms with Crippen LogP contribution in [-0.4, -0.2) is 4.98 Å². The summed E-state index contributed by atoms with van der Waals surface area (Å²) in [5, 5.41) is 0. The molecule has 0 aliphatic heterocycles. The molecule has 2 rings (SSSR count). The van der Waals surface area contributed by atoms with Gasteiger partial charge in [0.25, 0.3) is 0 Å². The maximum absolute atomic E-state index is 4.67. The van der Waals surface area contributed by atoms with E-state index in [2.05, 4.69) is 68.2 Å². The molecule has 0 bridgehead atoms. The maximum atomic E-state index is 4.67. The van der Waals surface area contributed by atoms with E-state index in [4.69, 9.17) is 0 Å². The first-order chi connectivity index (χ1) is 7.66. The molecule has 82 valence electrons. The Balaban J connectivity index is 2.40. The average Bonchev–Trinajstić information content (AvgIpc) is 2.30. The van der Waals surface area contributed by atoms with Crippen molar-refractivity contribution < 1.29 is 0 Å². The molecule has 0 spiro atoms. The first kappa shape index (κ1) is 10.9. The van der Waals surface area contributed by atoms with Crippen molar-refractivity contribution in [3.05, 3.63) is 53.7 Å². The predicted octanol–water partition coefficient (Wildman–Crippen LogP) is 4.18. The Morgan fingerprint density at radius 1 is 0.938 bits per heavy atom. The molecule has 0 amide bonds. The third kappa shape index (κ3) is 2.30. The SMILES string of the molecule is Cc1ccc(-c2cccc(C(C)C)n2)cc1. The first-order valence-electron chi connectivity index (χ1n) is 5.71. The molecule has 1 nitrogen and oxygen atoms in total. The van der Waals surface area contributed by atoms with E-state index in [0.29, 0.717) is 5.92 Å². The number of pyridine rings is 1. The average molecular weight is 211 g/mol. The van der Waals surface area contributed by atoms with Crippen molar-refractivity contribution in [2.75, 3.05) is 0 Å². The van der Waals surface area contributed by atoms with Gasteiger partial charge in [0.15, 0.2) is 0 Å². The van der Waals surface area contributed by atoms with Gasteiger partial charge in [0.05, 0.1) is 5.69 Å². The van der Waals surface area contributed by atoms with Gasteiger partial charge in [0.1, 0.15) is 0 Å². The number of benzene rings is 1. The summed E-state index contributed by atoms with van der Waals surface area (Å²) in [7, 11) is 0. The van der Waals surface area contributed by atoms with Gasteiger partial charge in [0, 0.05) is 11.3 Å². The Morgan fingerprint density at radius 3 is 2.25 bits per heavy atom. The predicted molar refractivity (Wildman–Crippen MR) is 68.5 cm³/mol. The van der Waals surface area contributed by atoms with Crippen molar-refractivity contribution in [3.63, 3.8) is 0 Å².